The van der Waals surface area contributed by atoms with Crippen molar-refractivity contribution in [2.75, 3.05) is 32.8 Å². The minimum absolute atomic E-state index is 0. The van der Waals surface area contributed by atoms with Crippen molar-refractivity contribution >= 4 is 30.2 Å². The standard InChI is InChI=1S/C33H43N3O6.ClH/c1-2-3-16-36-30(38)28(29(37)26-12-19-42-20-13-26)34-32(41)33(36)14-17-35(18-15-33)22-25-6-4-23(5-7-25)21-24-8-10-27(11-9-24)31(39)40;/h4-11,26,28-29,37H,2-3,12-22H2,1H3,(H,34,41)(H,39,40);1H/t28-,29-;/m1./s1. The first-order valence-corrected chi connectivity index (χ1v) is 15.3. The zero-order chi connectivity index (χ0) is 29.7. The van der Waals surface area contributed by atoms with Gasteiger partial charge in [-0.2, -0.15) is 0 Å². The molecule has 3 saturated heterocycles. The lowest BCUT2D eigenvalue weighted by Crippen LogP contribution is -2.75. The first kappa shape index (κ1) is 32.9. The molecule has 10 heteroatoms. The van der Waals surface area contributed by atoms with E-state index in [9.17, 15) is 19.5 Å². The van der Waals surface area contributed by atoms with Crippen LogP contribution in [0.4, 0.5) is 0 Å². The van der Waals surface area contributed by atoms with E-state index in [2.05, 4.69) is 41.4 Å². The van der Waals surface area contributed by atoms with E-state index in [0.29, 0.717) is 58.5 Å². The van der Waals surface area contributed by atoms with Crippen LogP contribution in [-0.4, -0.2) is 88.3 Å². The van der Waals surface area contributed by atoms with Crippen LogP contribution >= 0.6 is 12.4 Å². The van der Waals surface area contributed by atoms with Crippen LogP contribution in [0, 0.1) is 5.92 Å². The van der Waals surface area contributed by atoms with Crippen LogP contribution < -0.4 is 5.32 Å². The van der Waals surface area contributed by atoms with Gasteiger partial charge in [-0.05, 0) is 73.3 Å². The fraction of sp³-hybridized carbons (Fsp3) is 0.545. The van der Waals surface area contributed by atoms with Gasteiger partial charge in [-0.15, -0.1) is 12.4 Å². The lowest BCUT2D eigenvalue weighted by Gasteiger charge is -2.52. The van der Waals surface area contributed by atoms with E-state index in [4.69, 9.17) is 9.84 Å². The van der Waals surface area contributed by atoms with Gasteiger partial charge >= 0.3 is 5.97 Å². The normalized spacial score (nSPS) is 21.7. The Labute approximate surface area is 260 Å². The number of piperidine rings is 1. The predicted molar refractivity (Wildman–Crippen MR) is 165 cm³/mol. The third-order valence-electron chi connectivity index (χ3n) is 9.31. The summed E-state index contributed by atoms with van der Waals surface area (Å²) in [6.45, 7) is 5.92. The molecule has 43 heavy (non-hydrogen) atoms. The SMILES string of the molecule is CCCCN1C(=O)[C@@H]([C@H](O)C2CCOCC2)NC(=O)C12CCN(Cc1ccc(Cc3ccc(C(=O)O)cc3)cc1)CC2.Cl. The molecular formula is C33H44ClN3O6. The molecule has 0 aliphatic carbocycles. The molecule has 2 aromatic carbocycles. The highest BCUT2D eigenvalue weighted by atomic mass is 35.5. The highest BCUT2D eigenvalue weighted by molar-refractivity contribution is 6.00. The molecule has 0 bridgehead atoms. The number of carbonyl (C=O) groups excluding carboxylic acids is 2. The van der Waals surface area contributed by atoms with E-state index in [1.165, 1.54) is 5.56 Å². The van der Waals surface area contributed by atoms with Gasteiger partial charge in [0.1, 0.15) is 11.6 Å². The van der Waals surface area contributed by atoms with Gasteiger partial charge in [0.05, 0.1) is 11.7 Å². The number of nitrogens with zero attached hydrogens (tertiary/aromatic N) is 2. The summed E-state index contributed by atoms with van der Waals surface area (Å²) in [7, 11) is 0. The fourth-order valence-corrected chi connectivity index (χ4v) is 6.64. The summed E-state index contributed by atoms with van der Waals surface area (Å²) in [6.07, 6.45) is 4.09. The minimum Gasteiger partial charge on any atom is -0.478 e. The maximum absolute atomic E-state index is 13.8. The molecule has 0 radical (unpaired) electrons. The monoisotopic (exact) mass is 613 g/mol. The molecule has 2 aromatic rings. The van der Waals surface area contributed by atoms with Gasteiger partial charge in [-0.1, -0.05) is 49.7 Å². The Bertz CT molecular complexity index is 1240. The molecule has 0 saturated carbocycles. The summed E-state index contributed by atoms with van der Waals surface area (Å²) in [5.74, 6) is -1.26. The largest absolute Gasteiger partial charge is 0.478 e. The summed E-state index contributed by atoms with van der Waals surface area (Å²) in [5, 5.41) is 23.2. The lowest BCUT2D eigenvalue weighted by atomic mass is 9.79. The molecule has 234 valence electrons. The second-order valence-electron chi connectivity index (χ2n) is 12.0. The fourth-order valence-electron chi connectivity index (χ4n) is 6.64. The third kappa shape index (κ3) is 7.40. The second-order valence-corrected chi connectivity index (χ2v) is 12.0. The van der Waals surface area contributed by atoms with Crippen molar-refractivity contribution in [3.8, 4) is 0 Å². The molecule has 1 spiro atoms. The number of aliphatic hydroxyl groups is 1. The van der Waals surface area contributed by atoms with Crippen LogP contribution in [0.5, 0.6) is 0 Å². The van der Waals surface area contributed by atoms with Crippen molar-refractivity contribution in [3.05, 3.63) is 70.8 Å². The Morgan fingerprint density at radius 1 is 1.00 bits per heavy atom. The number of halogens is 1. The smallest absolute Gasteiger partial charge is 0.335 e. The molecule has 3 aliphatic rings. The van der Waals surface area contributed by atoms with Gasteiger partial charge in [0, 0.05) is 39.4 Å². The van der Waals surface area contributed by atoms with Gasteiger partial charge in [0.2, 0.25) is 11.8 Å². The maximum Gasteiger partial charge on any atom is 0.335 e. The van der Waals surface area contributed by atoms with Crippen molar-refractivity contribution in [1.82, 2.24) is 15.1 Å². The summed E-state index contributed by atoms with van der Waals surface area (Å²) in [5.41, 5.74) is 2.82. The number of nitrogens with one attached hydrogen (secondary N) is 1. The molecule has 2 atom stereocenters. The van der Waals surface area contributed by atoms with Crippen molar-refractivity contribution in [2.45, 2.75) is 76.1 Å². The van der Waals surface area contributed by atoms with Crippen LogP contribution in [0.1, 0.15) is 72.5 Å². The number of rotatable bonds is 10. The van der Waals surface area contributed by atoms with E-state index >= 15 is 0 Å². The number of likely N-dealkylation sites (tertiary alicyclic amines) is 1. The summed E-state index contributed by atoms with van der Waals surface area (Å²) in [4.78, 5) is 42.7. The number of hydrogen-bond acceptors (Lipinski definition) is 6. The van der Waals surface area contributed by atoms with Crippen LogP contribution in [0.3, 0.4) is 0 Å². The van der Waals surface area contributed by atoms with Crippen LogP contribution in [-0.2, 0) is 27.3 Å². The van der Waals surface area contributed by atoms with E-state index in [1.807, 2.05) is 12.1 Å². The van der Waals surface area contributed by atoms with Gasteiger partial charge in [0.15, 0.2) is 0 Å². The zero-order valence-corrected chi connectivity index (χ0v) is 25.7. The number of carboxylic acid groups (broad SMARTS) is 1. The lowest BCUT2D eigenvalue weighted by molar-refractivity contribution is -0.166. The number of benzene rings is 2. The zero-order valence-electron chi connectivity index (χ0n) is 24.9. The molecule has 3 fully saturated rings. The Morgan fingerprint density at radius 2 is 1.58 bits per heavy atom. The first-order chi connectivity index (χ1) is 20.3. The van der Waals surface area contributed by atoms with Crippen molar-refractivity contribution in [2.24, 2.45) is 5.92 Å². The molecule has 5 rings (SSSR count). The molecule has 9 nitrogen and oxygen atoms in total. The number of carbonyl (C=O) groups is 3. The Hall–Kier alpha value is -2.98. The number of amides is 2. The van der Waals surface area contributed by atoms with E-state index in [1.54, 1.807) is 17.0 Å². The maximum atomic E-state index is 13.8. The number of piperazine rings is 1. The number of aliphatic hydroxyl groups excluding tert-OH is 1. The summed E-state index contributed by atoms with van der Waals surface area (Å²) in [6, 6.07) is 14.5. The third-order valence-corrected chi connectivity index (χ3v) is 9.31. The van der Waals surface area contributed by atoms with Gasteiger partial charge in [-0.3, -0.25) is 14.5 Å². The van der Waals surface area contributed by atoms with Crippen molar-refractivity contribution in [3.63, 3.8) is 0 Å². The van der Waals surface area contributed by atoms with E-state index in [-0.39, 0.29) is 35.7 Å². The first-order valence-electron chi connectivity index (χ1n) is 15.3. The molecule has 3 N–H and O–H groups in total. The van der Waals surface area contributed by atoms with Gasteiger partial charge < -0.3 is 25.2 Å². The Balaban J connectivity index is 0.00000423. The van der Waals surface area contributed by atoms with Crippen molar-refractivity contribution in [1.29, 1.82) is 0 Å². The molecule has 3 heterocycles. The molecule has 0 aromatic heterocycles. The predicted octanol–water partition coefficient (Wildman–Crippen LogP) is 3.65. The van der Waals surface area contributed by atoms with Crippen LogP contribution in [0.15, 0.2) is 48.5 Å². The molecule has 3 aliphatic heterocycles. The van der Waals surface area contributed by atoms with Crippen LogP contribution in [0.25, 0.3) is 0 Å². The number of ether oxygens (including phenoxy) is 1. The second kappa shape index (κ2) is 14.7. The summed E-state index contributed by atoms with van der Waals surface area (Å²) >= 11 is 0. The topological polar surface area (TPSA) is 119 Å². The highest BCUT2D eigenvalue weighted by Gasteiger charge is 2.55. The highest BCUT2D eigenvalue weighted by Crippen LogP contribution is 2.35. The average molecular weight is 614 g/mol. The number of unbranched alkanes of at least 4 members (excludes halogenated alkanes) is 1. The number of hydrogen-bond donors (Lipinski definition) is 3. The van der Waals surface area contributed by atoms with Crippen LogP contribution in [0.2, 0.25) is 0 Å². The molecule has 0 unspecified atom stereocenters. The number of aromatic carboxylic acids is 1. The molecule has 2 amide bonds. The molecular weight excluding hydrogens is 570 g/mol. The number of carboxylic acids is 1. The van der Waals surface area contributed by atoms with E-state index in [0.717, 1.165) is 36.9 Å². The Morgan fingerprint density at radius 3 is 2.16 bits per heavy atom. The van der Waals surface area contributed by atoms with Gasteiger partial charge in [-0.25, -0.2) is 4.79 Å². The van der Waals surface area contributed by atoms with Crippen molar-refractivity contribution < 1.29 is 29.3 Å². The van der Waals surface area contributed by atoms with Gasteiger partial charge in [0.25, 0.3) is 0 Å². The summed E-state index contributed by atoms with van der Waals surface area (Å²) < 4.78 is 5.43. The average Bonchev–Trinajstić information content (AvgIpc) is 3.01. The van der Waals surface area contributed by atoms with E-state index < -0.39 is 23.7 Å². The quantitative estimate of drug-likeness (QED) is 0.374. The Kier molecular flexibility index (Phi) is 11.2. The minimum atomic E-state index is -0.924.